The van der Waals surface area contributed by atoms with Crippen LogP contribution in [0.1, 0.15) is 59.8 Å². The van der Waals surface area contributed by atoms with Crippen molar-refractivity contribution >= 4 is 5.78 Å². The van der Waals surface area contributed by atoms with Crippen LogP contribution >= 0.6 is 0 Å². The lowest BCUT2D eigenvalue weighted by Crippen LogP contribution is -2.47. The summed E-state index contributed by atoms with van der Waals surface area (Å²) in [6.07, 6.45) is 5.13. The van der Waals surface area contributed by atoms with E-state index in [9.17, 15) is 4.79 Å². The van der Waals surface area contributed by atoms with Crippen molar-refractivity contribution in [3.05, 3.63) is 0 Å². The van der Waals surface area contributed by atoms with E-state index in [4.69, 9.17) is 4.74 Å². The second kappa shape index (κ2) is 5.81. The third kappa shape index (κ3) is 2.85. The number of ether oxygens (including phenoxy) is 1. The molecule has 0 aromatic rings. The molecule has 3 unspecified atom stereocenters. The minimum Gasteiger partial charge on any atom is -0.367 e. The SMILES string of the molecule is CCOC1(C(=O)C(C)CC)CCCC(C)C1. The monoisotopic (exact) mass is 226 g/mol. The molecule has 0 amide bonds. The third-order valence-corrected chi connectivity index (χ3v) is 3.89. The molecule has 0 aromatic carbocycles. The lowest BCUT2D eigenvalue weighted by molar-refractivity contribution is -0.155. The van der Waals surface area contributed by atoms with Crippen molar-refractivity contribution < 1.29 is 9.53 Å². The smallest absolute Gasteiger partial charge is 0.167 e. The van der Waals surface area contributed by atoms with E-state index in [0.717, 1.165) is 25.7 Å². The number of carbonyl (C=O) groups excluding carboxylic acids is 1. The van der Waals surface area contributed by atoms with Crippen LogP contribution in [-0.2, 0) is 9.53 Å². The van der Waals surface area contributed by atoms with E-state index >= 15 is 0 Å². The van der Waals surface area contributed by atoms with Crippen molar-refractivity contribution in [1.82, 2.24) is 0 Å². The molecule has 2 nitrogen and oxygen atoms in total. The van der Waals surface area contributed by atoms with Gasteiger partial charge in [-0.2, -0.15) is 0 Å². The molecule has 0 radical (unpaired) electrons. The molecule has 94 valence electrons. The van der Waals surface area contributed by atoms with E-state index in [1.807, 2.05) is 13.8 Å². The van der Waals surface area contributed by atoms with Crippen LogP contribution in [0, 0.1) is 11.8 Å². The molecule has 1 aliphatic carbocycles. The highest BCUT2D eigenvalue weighted by Gasteiger charge is 2.43. The predicted octanol–water partition coefficient (Wildman–Crippen LogP) is 3.59. The van der Waals surface area contributed by atoms with Gasteiger partial charge in [-0.15, -0.1) is 0 Å². The highest BCUT2D eigenvalue weighted by molar-refractivity contribution is 5.89. The minimum absolute atomic E-state index is 0.136. The van der Waals surface area contributed by atoms with E-state index in [1.165, 1.54) is 6.42 Å². The molecular weight excluding hydrogens is 200 g/mol. The van der Waals surface area contributed by atoms with E-state index in [1.54, 1.807) is 0 Å². The fourth-order valence-electron chi connectivity index (χ4n) is 2.84. The van der Waals surface area contributed by atoms with Gasteiger partial charge in [0.1, 0.15) is 5.60 Å². The maximum atomic E-state index is 12.5. The van der Waals surface area contributed by atoms with Crippen LogP contribution in [0.4, 0.5) is 0 Å². The number of ketones is 1. The van der Waals surface area contributed by atoms with Gasteiger partial charge in [0.25, 0.3) is 0 Å². The standard InChI is InChI=1S/C14H26O2/c1-5-12(4)13(15)14(16-6-2)9-7-8-11(3)10-14/h11-12H,5-10H2,1-4H3. The minimum atomic E-state index is -0.457. The molecule has 1 saturated carbocycles. The molecule has 0 bridgehead atoms. The second-order valence-corrected chi connectivity index (χ2v) is 5.30. The molecule has 2 heteroatoms. The Labute approximate surface area is 99.8 Å². The molecule has 0 heterocycles. The average Bonchev–Trinajstić information content (AvgIpc) is 2.27. The first-order valence-electron chi connectivity index (χ1n) is 6.74. The third-order valence-electron chi connectivity index (χ3n) is 3.89. The lowest BCUT2D eigenvalue weighted by atomic mass is 9.73. The van der Waals surface area contributed by atoms with Crippen LogP contribution in [0.2, 0.25) is 0 Å². The Morgan fingerprint density at radius 3 is 2.69 bits per heavy atom. The van der Waals surface area contributed by atoms with Gasteiger partial charge in [0.2, 0.25) is 0 Å². The second-order valence-electron chi connectivity index (χ2n) is 5.30. The largest absolute Gasteiger partial charge is 0.367 e. The molecule has 0 aliphatic heterocycles. The number of Topliss-reactive ketones (excluding diaryl/α,β-unsaturated/α-hetero) is 1. The first kappa shape index (κ1) is 13.7. The zero-order chi connectivity index (χ0) is 12.2. The van der Waals surface area contributed by atoms with Gasteiger partial charge in [-0.3, -0.25) is 4.79 Å². The van der Waals surface area contributed by atoms with Gasteiger partial charge in [0, 0.05) is 12.5 Å². The van der Waals surface area contributed by atoms with Gasteiger partial charge in [0.05, 0.1) is 0 Å². The summed E-state index contributed by atoms with van der Waals surface area (Å²) in [5, 5.41) is 0. The molecule has 0 saturated heterocycles. The highest BCUT2D eigenvalue weighted by Crippen LogP contribution is 2.37. The Bertz CT molecular complexity index is 233. The first-order valence-corrected chi connectivity index (χ1v) is 6.74. The molecule has 0 spiro atoms. The van der Waals surface area contributed by atoms with Crippen LogP contribution in [0.3, 0.4) is 0 Å². The first-order chi connectivity index (χ1) is 7.55. The van der Waals surface area contributed by atoms with Crippen molar-refractivity contribution in [2.45, 2.75) is 65.4 Å². The Morgan fingerprint density at radius 2 is 2.19 bits per heavy atom. The predicted molar refractivity (Wildman–Crippen MR) is 66.5 cm³/mol. The van der Waals surface area contributed by atoms with Crippen molar-refractivity contribution in [3.8, 4) is 0 Å². The molecular formula is C14H26O2. The van der Waals surface area contributed by atoms with Crippen molar-refractivity contribution in [2.75, 3.05) is 6.61 Å². The lowest BCUT2D eigenvalue weighted by Gasteiger charge is -2.39. The van der Waals surface area contributed by atoms with E-state index in [-0.39, 0.29) is 5.92 Å². The molecule has 0 aromatic heterocycles. The van der Waals surface area contributed by atoms with Crippen LogP contribution in [0.5, 0.6) is 0 Å². The summed E-state index contributed by atoms with van der Waals surface area (Å²) in [5.74, 6) is 1.09. The molecule has 3 atom stereocenters. The molecule has 1 aliphatic rings. The number of hydrogen-bond donors (Lipinski definition) is 0. The van der Waals surface area contributed by atoms with E-state index < -0.39 is 5.60 Å². The fourth-order valence-corrected chi connectivity index (χ4v) is 2.84. The van der Waals surface area contributed by atoms with Gasteiger partial charge in [-0.25, -0.2) is 0 Å². The van der Waals surface area contributed by atoms with E-state index in [0.29, 0.717) is 18.3 Å². The highest BCUT2D eigenvalue weighted by atomic mass is 16.5. The maximum absolute atomic E-state index is 12.5. The molecule has 1 fully saturated rings. The summed E-state index contributed by atoms with van der Waals surface area (Å²) in [7, 11) is 0. The van der Waals surface area contributed by atoms with Crippen LogP contribution in [0.25, 0.3) is 0 Å². The molecule has 16 heavy (non-hydrogen) atoms. The summed E-state index contributed by atoms with van der Waals surface area (Å²) < 4.78 is 5.88. The summed E-state index contributed by atoms with van der Waals surface area (Å²) in [4.78, 5) is 12.5. The number of hydrogen-bond acceptors (Lipinski definition) is 2. The molecule has 0 N–H and O–H groups in total. The molecule has 1 rings (SSSR count). The maximum Gasteiger partial charge on any atom is 0.167 e. The fraction of sp³-hybridized carbons (Fsp3) is 0.929. The quantitative estimate of drug-likeness (QED) is 0.716. The Morgan fingerprint density at radius 1 is 1.50 bits per heavy atom. The normalized spacial score (nSPS) is 32.4. The van der Waals surface area contributed by atoms with E-state index in [2.05, 4.69) is 13.8 Å². The zero-order valence-corrected chi connectivity index (χ0v) is 11.2. The van der Waals surface area contributed by atoms with Gasteiger partial charge in [-0.05, 0) is 38.5 Å². The summed E-state index contributed by atoms with van der Waals surface area (Å²) in [5.41, 5.74) is -0.457. The van der Waals surface area contributed by atoms with Gasteiger partial charge in [0.15, 0.2) is 5.78 Å². The number of rotatable bonds is 5. The van der Waals surface area contributed by atoms with Gasteiger partial charge < -0.3 is 4.74 Å². The van der Waals surface area contributed by atoms with Crippen molar-refractivity contribution in [1.29, 1.82) is 0 Å². The van der Waals surface area contributed by atoms with Crippen LogP contribution in [-0.4, -0.2) is 18.0 Å². The summed E-state index contributed by atoms with van der Waals surface area (Å²) in [6.45, 7) is 8.98. The topological polar surface area (TPSA) is 26.3 Å². The van der Waals surface area contributed by atoms with Crippen molar-refractivity contribution in [2.24, 2.45) is 11.8 Å². The van der Waals surface area contributed by atoms with Crippen LogP contribution < -0.4 is 0 Å². The summed E-state index contributed by atoms with van der Waals surface area (Å²) >= 11 is 0. The Balaban J connectivity index is 2.82. The Hall–Kier alpha value is -0.370. The average molecular weight is 226 g/mol. The van der Waals surface area contributed by atoms with Crippen LogP contribution in [0.15, 0.2) is 0 Å². The summed E-state index contributed by atoms with van der Waals surface area (Å²) in [6, 6.07) is 0. The van der Waals surface area contributed by atoms with Gasteiger partial charge in [-0.1, -0.05) is 27.2 Å². The number of carbonyl (C=O) groups is 1. The zero-order valence-electron chi connectivity index (χ0n) is 11.2. The Kier molecular flexibility index (Phi) is 4.97. The van der Waals surface area contributed by atoms with Gasteiger partial charge >= 0.3 is 0 Å². The van der Waals surface area contributed by atoms with Crippen molar-refractivity contribution in [3.63, 3.8) is 0 Å².